The molecule has 3 heterocycles. The van der Waals surface area contributed by atoms with Crippen molar-refractivity contribution in [2.24, 2.45) is 5.92 Å². The molecule has 0 spiro atoms. The first-order valence-corrected chi connectivity index (χ1v) is 13.9. The van der Waals surface area contributed by atoms with Crippen LogP contribution >= 0.6 is 11.3 Å². The molecule has 212 valence electrons. The molecular formula is C30H24F3NO6S. The van der Waals surface area contributed by atoms with Crippen molar-refractivity contribution in [3.63, 3.8) is 0 Å². The smallest absolute Gasteiger partial charge is 0.416 e. The topological polar surface area (TPSA) is 82.1 Å². The fraction of sp³-hybridized carbons (Fsp3) is 0.300. The normalized spacial score (nSPS) is 22.1. The summed E-state index contributed by atoms with van der Waals surface area (Å²) in [5.74, 6) is -2.92. The minimum atomic E-state index is -4.54. The first-order valence-electron chi connectivity index (χ1n) is 13.0. The Morgan fingerprint density at radius 1 is 1.05 bits per heavy atom. The Kier molecular flexibility index (Phi) is 6.85. The van der Waals surface area contributed by atoms with E-state index in [1.54, 1.807) is 25.1 Å². The molecule has 0 fully saturated rings. The second-order valence-corrected chi connectivity index (χ2v) is 10.9. The van der Waals surface area contributed by atoms with E-state index in [4.69, 9.17) is 14.2 Å². The van der Waals surface area contributed by atoms with Gasteiger partial charge in [0.1, 0.15) is 5.92 Å². The Balaban J connectivity index is 1.52. The van der Waals surface area contributed by atoms with Crippen LogP contribution in [-0.2, 0) is 25.3 Å². The second kappa shape index (κ2) is 10.4. The molecule has 1 aromatic heterocycles. The van der Waals surface area contributed by atoms with Crippen molar-refractivity contribution in [3.05, 3.63) is 87.3 Å². The first-order chi connectivity index (χ1) is 19.7. The third-order valence-electron chi connectivity index (χ3n) is 7.62. The number of anilines is 1. The van der Waals surface area contributed by atoms with Gasteiger partial charge in [-0.3, -0.25) is 19.3 Å². The van der Waals surface area contributed by atoms with Gasteiger partial charge in [0, 0.05) is 40.1 Å². The molecule has 6 rings (SSSR count). The molecule has 1 aliphatic carbocycles. The highest BCUT2D eigenvalue weighted by atomic mass is 32.1. The van der Waals surface area contributed by atoms with E-state index in [-0.39, 0.29) is 43.4 Å². The SMILES string of the molecule is CCOC(=O)[C@@H]1C(=O)C2=C(C[C@@H]1c1cccs1)N(c1ccc(C(F)(F)F)cc1)C(=O)C[C@@H]2c1ccc2c(c1)OCO2. The Bertz CT molecular complexity index is 1550. The average molecular weight is 584 g/mol. The summed E-state index contributed by atoms with van der Waals surface area (Å²) in [4.78, 5) is 43.5. The fourth-order valence-electron chi connectivity index (χ4n) is 5.82. The van der Waals surface area contributed by atoms with Crippen LogP contribution in [0, 0.1) is 5.92 Å². The van der Waals surface area contributed by atoms with Gasteiger partial charge in [-0.1, -0.05) is 12.1 Å². The van der Waals surface area contributed by atoms with Crippen LogP contribution in [0.3, 0.4) is 0 Å². The van der Waals surface area contributed by atoms with E-state index in [1.165, 1.54) is 28.4 Å². The number of ketones is 1. The first kappa shape index (κ1) is 27.1. The lowest BCUT2D eigenvalue weighted by atomic mass is 9.69. The van der Waals surface area contributed by atoms with Gasteiger partial charge in [0.25, 0.3) is 0 Å². The number of allylic oxidation sites excluding steroid dienone is 2. The number of rotatable bonds is 5. The third kappa shape index (κ3) is 4.77. The molecular weight excluding hydrogens is 559 g/mol. The lowest BCUT2D eigenvalue weighted by molar-refractivity contribution is -0.152. The highest BCUT2D eigenvalue weighted by Crippen LogP contribution is 2.51. The fourth-order valence-corrected chi connectivity index (χ4v) is 6.68. The molecule has 1 amide bonds. The van der Waals surface area contributed by atoms with Gasteiger partial charge in [-0.25, -0.2) is 0 Å². The van der Waals surface area contributed by atoms with E-state index < -0.39 is 41.2 Å². The van der Waals surface area contributed by atoms with Gasteiger partial charge in [0.05, 0.1) is 12.2 Å². The number of carbonyl (C=O) groups excluding carboxylic acids is 3. The predicted molar refractivity (Wildman–Crippen MR) is 143 cm³/mol. The zero-order valence-corrected chi connectivity index (χ0v) is 22.6. The summed E-state index contributed by atoms with van der Waals surface area (Å²) < 4.78 is 56.1. The molecule has 3 atom stereocenters. The molecule has 3 aromatic rings. The predicted octanol–water partition coefficient (Wildman–Crippen LogP) is 6.21. The van der Waals surface area contributed by atoms with Gasteiger partial charge in [-0.05, 0) is 66.8 Å². The standard InChI is InChI=1S/C30H24F3NO6S/c1-2-38-29(37)27-20(24-4-3-11-41-24)13-21-26(28(27)36)19(16-5-10-22-23(12-16)40-15-39-22)14-25(35)34(21)18-8-6-17(7-9-18)30(31,32)33/h3-12,19-20,27H,2,13-15H2,1H3/t19-,20-,27+/m1/s1. The lowest BCUT2D eigenvalue weighted by Gasteiger charge is -2.42. The minimum Gasteiger partial charge on any atom is -0.465 e. The van der Waals surface area contributed by atoms with E-state index in [9.17, 15) is 27.6 Å². The number of thiophene rings is 1. The molecule has 11 heteroatoms. The number of benzene rings is 2. The van der Waals surface area contributed by atoms with Crippen molar-refractivity contribution in [1.82, 2.24) is 0 Å². The van der Waals surface area contributed by atoms with E-state index in [1.807, 2.05) is 17.5 Å². The maximum atomic E-state index is 14.4. The maximum Gasteiger partial charge on any atom is 0.416 e. The second-order valence-electron chi connectivity index (χ2n) is 9.92. The summed E-state index contributed by atoms with van der Waals surface area (Å²) in [5.41, 5.74) is 0.637. The summed E-state index contributed by atoms with van der Waals surface area (Å²) in [6.45, 7) is 1.80. The molecule has 41 heavy (non-hydrogen) atoms. The van der Waals surface area contributed by atoms with Crippen LogP contribution in [0.1, 0.15) is 47.6 Å². The zero-order valence-electron chi connectivity index (χ0n) is 21.8. The van der Waals surface area contributed by atoms with Gasteiger partial charge in [-0.2, -0.15) is 13.2 Å². The number of hydrogen-bond donors (Lipinski definition) is 0. The molecule has 2 aromatic carbocycles. The van der Waals surface area contributed by atoms with E-state index in [0.717, 1.165) is 17.0 Å². The molecule has 0 radical (unpaired) electrons. The van der Waals surface area contributed by atoms with Gasteiger partial charge >= 0.3 is 12.1 Å². The Morgan fingerprint density at radius 2 is 1.80 bits per heavy atom. The van der Waals surface area contributed by atoms with Gasteiger partial charge < -0.3 is 14.2 Å². The van der Waals surface area contributed by atoms with Gasteiger partial charge in [0.15, 0.2) is 17.3 Å². The molecule has 0 unspecified atom stereocenters. The van der Waals surface area contributed by atoms with Crippen molar-refractivity contribution < 1.29 is 41.8 Å². The molecule has 7 nitrogen and oxygen atoms in total. The number of fused-ring (bicyclic) bond motifs is 1. The molecule has 0 bridgehead atoms. The van der Waals surface area contributed by atoms with Crippen molar-refractivity contribution in [2.45, 2.75) is 37.8 Å². The number of nitrogens with zero attached hydrogens (tertiary/aromatic N) is 1. The Labute approximate surface area is 237 Å². The van der Waals surface area contributed by atoms with Gasteiger partial charge in [-0.15, -0.1) is 11.3 Å². The lowest BCUT2D eigenvalue weighted by Crippen LogP contribution is -2.46. The molecule has 2 aliphatic heterocycles. The summed E-state index contributed by atoms with van der Waals surface area (Å²) in [5, 5.41) is 1.83. The van der Waals surface area contributed by atoms with Crippen LogP contribution in [0.25, 0.3) is 0 Å². The summed E-state index contributed by atoms with van der Waals surface area (Å²) >= 11 is 1.38. The van der Waals surface area contributed by atoms with E-state index >= 15 is 0 Å². The van der Waals surface area contributed by atoms with Crippen molar-refractivity contribution >= 4 is 34.7 Å². The van der Waals surface area contributed by atoms with Crippen LogP contribution < -0.4 is 14.4 Å². The van der Waals surface area contributed by atoms with Crippen LogP contribution in [0.4, 0.5) is 18.9 Å². The largest absolute Gasteiger partial charge is 0.465 e. The summed E-state index contributed by atoms with van der Waals surface area (Å²) in [6, 6.07) is 13.1. The van der Waals surface area contributed by atoms with Crippen LogP contribution in [0.15, 0.2) is 71.2 Å². The number of hydrogen-bond acceptors (Lipinski definition) is 7. The van der Waals surface area contributed by atoms with Crippen molar-refractivity contribution in [2.75, 3.05) is 18.3 Å². The van der Waals surface area contributed by atoms with E-state index in [0.29, 0.717) is 22.8 Å². The highest BCUT2D eigenvalue weighted by molar-refractivity contribution is 7.10. The number of Topliss-reactive ketones (excluding diaryl/α,β-unsaturated/α-hetero) is 1. The van der Waals surface area contributed by atoms with Crippen molar-refractivity contribution in [1.29, 1.82) is 0 Å². The van der Waals surface area contributed by atoms with Crippen LogP contribution in [0.5, 0.6) is 11.5 Å². The number of amides is 1. The van der Waals surface area contributed by atoms with E-state index in [2.05, 4.69) is 0 Å². The number of ether oxygens (including phenoxy) is 3. The van der Waals surface area contributed by atoms with Crippen LogP contribution in [-0.4, -0.2) is 31.1 Å². The summed E-state index contributed by atoms with van der Waals surface area (Å²) in [7, 11) is 0. The Hall–Kier alpha value is -4.12. The molecule has 0 N–H and O–H groups in total. The average Bonchev–Trinajstić information content (AvgIpc) is 3.64. The molecule has 0 saturated carbocycles. The third-order valence-corrected chi connectivity index (χ3v) is 8.63. The minimum absolute atomic E-state index is 0.0460. The highest BCUT2D eigenvalue weighted by Gasteiger charge is 2.50. The van der Waals surface area contributed by atoms with Crippen molar-refractivity contribution in [3.8, 4) is 11.5 Å². The molecule has 3 aliphatic rings. The van der Waals surface area contributed by atoms with Crippen LogP contribution in [0.2, 0.25) is 0 Å². The number of carbonyl (C=O) groups is 3. The number of esters is 1. The maximum absolute atomic E-state index is 14.4. The molecule has 0 saturated heterocycles. The number of halogens is 3. The number of alkyl halides is 3. The monoisotopic (exact) mass is 583 g/mol. The quantitative estimate of drug-likeness (QED) is 0.263. The summed E-state index contributed by atoms with van der Waals surface area (Å²) in [6.07, 6.45) is -4.54. The zero-order chi connectivity index (χ0) is 28.9. The Morgan fingerprint density at radius 3 is 2.49 bits per heavy atom. The van der Waals surface area contributed by atoms with Gasteiger partial charge in [0.2, 0.25) is 12.7 Å².